The Labute approximate surface area is 279 Å². The zero-order valence-electron chi connectivity index (χ0n) is 25.7. The van der Waals surface area contributed by atoms with Crippen LogP contribution in [0.2, 0.25) is 10.0 Å². The highest BCUT2D eigenvalue weighted by molar-refractivity contribution is 7.92. The maximum Gasteiger partial charge on any atom is 0.264 e. The molecule has 0 radical (unpaired) electrons. The molecule has 0 spiro atoms. The lowest BCUT2D eigenvalue weighted by atomic mass is 10.0. The molecule has 2 amide bonds. The molecular formula is C34H35Cl2N3O6S. The summed E-state index contributed by atoms with van der Waals surface area (Å²) in [6, 6.07) is 25.5. The molecule has 0 aromatic heterocycles. The normalized spacial score (nSPS) is 11.8. The van der Waals surface area contributed by atoms with Crippen LogP contribution in [0.15, 0.2) is 102 Å². The van der Waals surface area contributed by atoms with Crippen LogP contribution in [0.5, 0.6) is 11.5 Å². The number of amides is 2. The summed E-state index contributed by atoms with van der Waals surface area (Å²) in [5.74, 6) is -0.419. The number of nitrogens with zero attached hydrogens (tertiary/aromatic N) is 2. The van der Waals surface area contributed by atoms with Gasteiger partial charge in [0.1, 0.15) is 12.6 Å². The number of hydrogen-bond donors (Lipinski definition) is 1. The number of rotatable bonds is 14. The fourth-order valence-electron chi connectivity index (χ4n) is 4.93. The van der Waals surface area contributed by atoms with Crippen LogP contribution in [0.1, 0.15) is 18.1 Å². The fourth-order valence-corrected chi connectivity index (χ4v) is 6.87. The van der Waals surface area contributed by atoms with Gasteiger partial charge in [-0.25, -0.2) is 8.42 Å². The molecule has 0 heterocycles. The molecule has 0 saturated heterocycles. The number of hydrogen-bond acceptors (Lipinski definition) is 6. The summed E-state index contributed by atoms with van der Waals surface area (Å²) in [4.78, 5) is 29.5. The smallest absolute Gasteiger partial charge is 0.264 e. The summed E-state index contributed by atoms with van der Waals surface area (Å²) in [5, 5.41) is 3.42. The minimum Gasteiger partial charge on any atom is -0.493 e. The Kier molecular flexibility index (Phi) is 11.9. The van der Waals surface area contributed by atoms with Gasteiger partial charge in [-0.3, -0.25) is 13.9 Å². The zero-order valence-corrected chi connectivity index (χ0v) is 28.0. The number of sulfonamides is 1. The van der Waals surface area contributed by atoms with Crippen molar-refractivity contribution in [2.75, 3.05) is 31.6 Å². The number of benzene rings is 4. The van der Waals surface area contributed by atoms with E-state index >= 15 is 0 Å². The van der Waals surface area contributed by atoms with Crippen molar-refractivity contribution in [1.82, 2.24) is 10.2 Å². The van der Waals surface area contributed by atoms with E-state index in [1.807, 2.05) is 30.3 Å². The van der Waals surface area contributed by atoms with Crippen molar-refractivity contribution in [3.63, 3.8) is 0 Å². The minimum atomic E-state index is -4.29. The van der Waals surface area contributed by atoms with Crippen molar-refractivity contribution in [2.24, 2.45) is 0 Å². The topological polar surface area (TPSA) is 105 Å². The van der Waals surface area contributed by atoms with Gasteiger partial charge in [-0.2, -0.15) is 0 Å². The number of anilines is 1. The molecule has 0 aliphatic rings. The van der Waals surface area contributed by atoms with E-state index in [0.29, 0.717) is 27.9 Å². The third-order valence-electron chi connectivity index (χ3n) is 7.28. The lowest BCUT2D eigenvalue weighted by Gasteiger charge is -2.34. The molecule has 4 aromatic rings. The summed E-state index contributed by atoms with van der Waals surface area (Å²) in [7, 11) is -1.40. The molecule has 0 fully saturated rings. The fraction of sp³-hybridized carbons (Fsp3) is 0.235. The first-order valence-electron chi connectivity index (χ1n) is 14.4. The van der Waals surface area contributed by atoms with Gasteiger partial charge < -0.3 is 19.7 Å². The summed E-state index contributed by atoms with van der Waals surface area (Å²) in [5.41, 5.74) is 1.38. The average molecular weight is 685 g/mol. The van der Waals surface area contributed by atoms with Gasteiger partial charge >= 0.3 is 0 Å². The predicted molar refractivity (Wildman–Crippen MR) is 180 cm³/mol. The number of methoxy groups -OCH3 is 2. The number of carbonyl (C=O) groups excluding carboxylic acids is 2. The Bertz CT molecular complexity index is 1740. The molecule has 12 heteroatoms. The minimum absolute atomic E-state index is 0.0251. The van der Waals surface area contributed by atoms with Gasteiger partial charge in [0, 0.05) is 41.2 Å². The van der Waals surface area contributed by atoms with Crippen molar-refractivity contribution < 1.29 is 27.5 Å². The first kappa shape index (κ1) is 34.6. The maximum absolute atomic E-state index is 14.5. The SMILES string of the molecule is CCNC(=O)C(Cc1ccccc1)N(Cc1c(Cl)cccc1Cl)C(=O)CN(c1ccc(OC)c(OC)c1)S(=O)(=O)c1ccccc1. The third kappa shape index (κ3) is 8.12. The highest BCUT2D eigenvalue weighted by Crippen LogP contribution is 2.34. The second kappa shape index (κ2) is 15.8. The van der Waals surface area contributed by atoms with E-state index in [0.717, 1.165) is 9.87 Å². The van der Waals surface area contributed by atoms with E-state index in [1.54, 1.807) is 49.4 Å². The molecule has 0 bridgehead atoms. The van der Waals surface area contributed by atoms with Gasteiger partial charge in [-0.15, -0.1) is 0 Å². The van der Waals surface area contributed by atoms with Crippen LogP contribution >= 0.6 is 23.2 Å². The number of likely N-dealkylation sites (N-methyl/N-ethyl adjacent to an activating group) is 1. The molecule has 46 heavy (non-hydrogen) atoms. The Morgan fingerprint density at radius 1 is 0.826 bits per heavy atom. The number of carbonyl (C=O) groups is 2. The Balaban J connectivity index is 1.86. The number of nitrogens with one attached hydrogen (secondary N) is 1. The number of halogens is 2. The quantitative estimate of drug-likeness (QED) is 0.175. The first-order valence-corrected chi connectivity index (χ1v) is 16.6. The standard InChI is InChI=1S/C34H35Cl2N3O6S/c1-4-37-34(41)30(20-24-12-7-5-8-13-24)38(22-27-28(35)16-11-17-29(27)36)33(40)23-39(46(42,43)26-14-9-6-10-15-26)25-18-19-31(44-2)32(21-25)45-3/h5-19,21,30H,4,20,22-23H2,1-3H3,(H,37,41). The van der Waals surface area contributed by atoms with E-state index in [4.69, 9.17) is 32.7 Å². The second-order valence-corrected chi connectivity index (χ2v) is 12.9. The van der Waals surface area contributed by atoms with E-state index in [-0.39, 0.29) is 29.3 Å². The molecule has 4 aromatic carbocycles. The first-order chi connectivity index (χ1) is 22.1. The van der Waals surface area contributed by atoms with Crippen molar-refractivity contribution >= 4 is 50.7 Å². The Hall–Kier alpha value is -4.25. The highest BCUT2D eigenvalue weighted by Gasteiger charge is 2.35. The Morgan fingerprint density at radius 2 is 1.43 bits per heavy atom. The molecule has 242 valence electrons. The van der Waals surface area contributed by atoms with Crippen LogP contribution in [0.25, 0.3) is 0 Å². The summed E-state index contributed by atoms with van der Waals surface area (Å²) in [6.45, 7) is 1.29. The van der Waals surface area contributed by atoms with Crippen LogP contribution in [0, 0.1) is 0 Å². The Morgan fingerprint density at radius 3 is 2.02 bits per heavy atom. The largest absolute Gasteiger partial charge is 0.493 e. The molecule has 1 unspecified atom stereocenters. The molecule has 0 aliphatic heterocycles. The van der Waals surface area contributed by atoms with Crippen molar-refractivity contribution in [3.05, 3.63) is 118 Å². The van der Waals surface area contributed by atoms with Gasteiger partial charge in [0.2, 0.25) is 11.8 Å². The molecule has 9 nitrogen and oxygen atoms in total. The lowest BCUT2D eigenvalue weighted by Crippen LogP contribution is -2.53. The van der Waals surface area contributed by atoms with E-state index in [1.165, 1.54) is 43.4 Å². The van der Waals surface area contributed by atoms with Crippen LogP contribution in [0.3, 0.4) is 0 Å². The van der Waals surface area contributed by atoms with Gasteiger partial charge in [-0.05, 0) is 48.9 Å². The molecule has 1 atom stereocenters. The monoisotopic (exact) mass is 683 g/mol. The zero-order chi connectivity index (χ0) is 33.3. The molecular weight excluding hydrogens is 649 g/mol. The van der Waals surface area contributed by atoms with E-state index in [9.17, 15) is 18.0 Å². The van der Waals surface area contributed by atoms with E-state index < -0.39 is 34.4 Å². The van der Waals surface area contributed by atoms with Gasteiger partial charge in [0.15, 0.2) is 11.5 Å². The maximum atomic E-state index is 14.5. The summed E-state index contributed by atoms with van der Waals surface area (Å²) >= 11 is 13.1. The predicted octanol–water partition coefficient (Wildman–Crippen LogP) is 5.98. The van der Waals surface area contributed by atoms with Gasteiger partial charge in [0.25, 0.3) is 10.0 Å². The van der Waals surface area contributed by atoms with Crippen molar-refractivity contribution in [1.29, 1.82) is 0 Å². The van der Waals surface area contributed by atoms with Crippen LogP contribution < -0.4 is 19.1 Å². The molecule has 1 N–H and O–H groups in total. The van der Waals surface area contributed by atoms with Crippen molar-refractivity contribution in [3.8, 4) is 11.5 Å². The molecule has 0 aliphatic carbocycles. The van der Waals surface area contributed by atoms with Crippen LogP contribution in [0.4, 0.5) is 5.69 Å². The highest BCUT2D eigenvalue weighted by atomic mass is 35.5. The molecule has 4 rings (SSSR count). The van der Waals surface area contributed by atoms with Gasteiger partial charge in [0.05, 0.1) is 24.8 Å². The second-order valence-electron chi connectivity index (χ2n) is 10.2. The van der Waals surface area contributed by atoms with E-state index in [2.05, 4.69) is 5.32 Å². The van der Waals surface area contributed by atoms with Gasteiger partial charge in [-0.1, -0.05) is 77.8 Å². The molecule has 0 saturated carbocycles. The van der Waals surface area contributed by atoms with Crippen LogP contribution in [-0.4, -0.2) is 58.5 Å². The summed E-state index contributed by atoms with van der Waals surface area (Å²) in [6.07, 6.45) is 0.155. The van der Waals surface area contributed by atoms with Crippen molar-refractivity contribution in [2.45, 2.75) is 30.8 Å². The average Bonchev–Trinajstić information content (AvgIpc) is 3.06. The summed E-state index contributed by atoms with van der Waals surface area (Å²) < 4.78 is 40.1. The number of ether oxygens (including phenoxy) is 2. The lowest BCUT2D eigenvalue weighted by molar-refractivity contribution is -0.140. The van der Waals surface area contributed by atoms with Crippen LogP contribution in [-0.2, 0) is 32.6 Å². The third-order valence-corrected chi connectivity index (χ3v) is 9.77.